The number of hydrogen-bond acceptors (Lipinski definition) is 5. The van der Waals surface area contributed by atoms with Crippen LogP contribution in [-0.4, -0.2) is 23.9 Å². The van der Waals surface area contributed by atoms with E-state index in [9.17, 15) is 21.9 Å². The van der Waals surface area contributed by atoms with Crippen molar-refractivity contribution in [2.75, 3.05) is 7.11 Å². The first-order valence-corrected chi connectivity index (χ1v) is 7.55. The van der Waals surface area contributed by atoms with E-state index < -0.39 is 36.4 Å². The van der Waals surface area contributed by atoms with Crippen LogP contribution in [0, 0.1) is 0 Å². The van der Waals surface area contributed by atoms with Gasteiger partial charge in [-0.3, -0.25) is 0 Å². The quantitative estimate of drug-likeness (QED) is 0.724. The first-order chi connectivity index (χ1) is 8.11. The van der Waals surface area contributed by atoms with E-state index in [1.54, 1.807) is 0 Å². The minimum Gasteiger partial charge on any atom is -0.495 e. The van der Waals surface area contributed by atoms with Gasteiger partial charge < -0.3 is 4.74 Å². The van der Waals surface area contributed by atoms with Gasteiger partial charge in [0, 0.05) is 5.56 Å². The van der Waals surface area contributed by atoms with Gasteiger partial charge in [0.05, 0.1) is 12.0 Å². The summed E-state index contributed by atoms with van der Waals surface area (Å²) in [5.41, 5.74) is -0.193. The fraction of sp³-hybridized carbons (Fsp3) is 0.250. The lowest BCUT2D eigenvalue weighted by atomic mass is 10.2. The molecule has 0 aliphatic rings. The second kappa shape index (κ2) is 4.82. The van der Waals surface area contributed by atoms with Crippen LogP contribution in [0.3, 0.4) is 0 Å². The van der Waals surface area contributed by atoms with Crippen LogP contribution in [-0.2, 0) is 31.8 Å². The molecule has 0 fully saturated rings. The van der Waals surface area contributed by atoms with Gasteiger partial charge in [-0.25, -0.2) is 32.2 Å². The maximum atomic E-state index is 11.3. The Morgan fingerprint density at radius 2 is 1.56 bits per heavy atom. The predicted molar refractivity (Wildman–Crippen MR) is 60.1 cm³/mol. The Labute approximate surface area is 104 Å². The molecule has 0 atom stereocenters. The summed E-state index contributed by atoms with van der Waals surface area (Å²) in [5, 5.41) is 20.7. The number of methoxy groups -OCH3 is 1. The lowest BCUT2D eigenvalue weighted by molar-refractivity contribution is 0.174. The Hall–Kier alpha value is -1.20. The molecule has 0 heterocycles. The lowest BCUT2D eigenvalue weighted by Crippen LogP contribution is -2.18. The molecule has 1 radical (unpaired) electrons. The van der Waals surface area contributed by atoms with Crippen LogP contribution in [0.5, 0.6) is 5.75 Å². The molecule has 0 saturated carbocycles. The van der Waals surface area contributed by atoms with Crippen LogP contribution in [0.1, 0.15) is 5.56 Å². The Bertz CT molecular complexity index is 610. The average Bonchev–Trinajstić information content (AvgIpc) is 2.24. The summed E-state index contributed by atoms with van der Waals surface area (Å²) in [6.45, 7) is -0.896. The number of sulfonamides is 2. The summed E-state index contributed by atoms with van der Waals surface area (Å²) in [4.78, 5) is -1.13. The molecule has 0 aromatic heterocycles. The molecule has 8 nitrogen and oxygen atoms in total. The number of primary sulfonamides is 2. The monoisotopic (exact) mass is 295 g/mol. The fourth-order valence-corrected chi connectivity index (χ4v) is 2.89. The number of ether oxygens (including phenoxy) is 1. The van der Waals surface area contributed by atoms with Gasteiger partial charge in [0.25, 0.3) is 0 Å². The minimum absolute atomic E-state index is 0.193. The van der Waals surface area contributed by atoms with E-state index in [0.717, 1.165) is 19.2 Å². The Morgan fingerprint density at radius 1 is 1.06 bits per heavy atom. The summed E-state index contributed by atoms with van der Waals surface area (Å²) >= 11 is 0. The summed E-state index contributed by atoms with van der Waals surface area (Å²) in [6.07, 6.45) is 0. The van der Waals surface area contributed by atoms with E-state index in [4.69, 9.17) is 15.0 Å². The third kappa shape index (κ3) is 2.97. The SMILES string of the molecule is COc1cc(C[O])c(S(N)(=O)=O)cc1S(N)(=O)=O. The first kappa shape index (κ1) is 14.9. The molecular weight excluding hydrogens is 284 g/mol. The molecular formula is C8H11N2O6S2. The zero-order chi connectivity index (χ0) is 14.1. The molecule has 101 valence electrons. The van der Waals surface area contributed by atoms with Crippen LogP contribution in [0.4, 0.5) is 0 Å². The van der Waals surface area contributed by atoms with Gasteiger partial charge in [-0.2, -0.15) is 0 Å². The topological polar surface area (TPSA) is 149 Å². The summed E-state index contributed by atoms with van der Waals surface area (Å²) in [5.74, 6) is -0.212. The van der Waals surface area contributed by atoms with Gasteiger partial charge >= 0.3 is 0 Å². The van der Waals surface area contributed by atoms with Crippen molar-refractivity contribution < 1.29 is 26.7 Å². The molecule has 0 amide bonds. The molecule has 0 saturated heterocycles. The van der Waals surface area contributed by atoms with Crippen molar-refractivity contribution >= 4 is 20.0 Å². The highest BCUT2D eigenvalue weighted by Gasteiger charge is 2.23. The highest BCUT2D eigenvalue weighted by atomic mass is 32.2. The van der Waals surface area contributed by atoms with Crippen molar-refractivity contribution in [3.05, 3.63) is 17.7 Å². The molecule has 0 spiro atoms. The summed E-state index contributed by atoms with van der Waals surface area (Å²) in [7, 11) is -7.27. The van der Waals surface area contributed by atoms with Crippen LogP contribution in [0.25, 0.3) is 0 Å². The highest BCUT2D eigenvalue weighted by molar-refractivity contribution is 7.90. The van der Waals surface area contributed by atoms with Gasteiger partial charge in [-0.1, -0.05) is 0 Å². The molecule has 18 heavy (non-hydrogen) atoms. The van der Waals surface area contributed by atoms with E-state index in [-0.39, 0.29) is 11.3 Å². The Kier molecular flexibility index (Phi) is 3.98. The number of hydrogen-bond donors (Lipinski definition) is 2. The maximum absolute atomic E-state index is 11.3. The van der Waals surface area contributed by atoms with E-state index in [1.807, 2.05) is 0 Å². The first-order valence-electron chi connectivity index (χ1n) is 4.46. The maximum Gasteiger partial charge on any atom is 0.241 e. The largest absolute Gasteiger partial charge is 0.495 e. The van der Waals surface area contributed by atoms with Crippen molar-refractivity contribution in [3.8, 4) is 5.75 Å². The molecule has 0 unspecified atom stereocenters. The highest BCUT2D eigenvalue weighted by Crippen LogP contribution is 2.29. The molecule has 10 heteroatoms. The number of rotatable bonds is 4. The molecule has 4 N–H and O–H groups in total. The molecule has 1 aromatic rings. The zero-order valence-electron chi connectivity index (χ0n) is 9.28. The molecule has 0 aliphatic carbocycles. The smallest absolute Gasteiger partial charge is 0.241 e. The Balaban J connectivity index is 3.76. The molecule has 0 bridgehead atoms. The van der Waals surface area contributed by atoms with E-state index in [1.165, 1.54) is 0 Å². The van der Waals surface area contributed by atoms with Crippen molar-refractivity contribution in [3.63, 3.8) is 0 Å². The third-order valence-corrected chi connectivity index (χ3v) is 4.04. The van der Waals surface area contributed by atoms with Crippen LogP contribution >= 0.6 is 0 Å². The molecule has 0 aliphatic heterocycles. The summed E-state index contributed by atoms with van der Waals surface area (Å²) in [6, 6.07) is 1.71. The predicted octanol–water partition coefficient (Wildman–Crippen LogP) is -1.08. The zero-order valence-corrected chi connectivity index (χ0v) is 10.9. The second-order valence-corrected chi connectivity index (χ2v) is 6.40. The lowest BCUT2D eigenvalue weighted by Gasteiger charge is -2.11. The van der Waals surface area contributed by atoms with Crippen LogP contribution < -0.4 is 15.0 Å². The van der Waals surface area contributed by atoms with Gasteiger partial charge in [-0.15, -0.1) is 0 Å². The van der Waals surface area contributed by atoms with Crippen molar-refractivity contribution in [2.45, 2.75) is 16.4 Å². The second-order valence-electron chi connectivity index (χ2n) is 3.35. The van der Waals surface area contributed by atoms with Gasteiger partial charge in [0.2, 0.25) is 20.0 Å². The van der Waals surface area contributed by atoms with Crippen molar-refractivity contribution in [1.29, 1.82) is 0 Å². The van der Waals surface area contributed by atoms with E-state index in [0.29, 0.717) is 0 Å². The Morgan fingerprint density at radius 3 is 1.89 bits per heavy atom. The normalized spacial score (nSPS) is 12.4. The average molecular weight is 295 g/mol. The van der Waals surface area contributed by atoms with Gasteiger partial charge in [0.15, 0.2) is 0 Å². The van der Waals surface area contributed by atoms with Crippen LogP contribution in [0.15, 0.2) is 21.9 Å². The standard InChI is InChI=1S/C8H11N2O6S2/c1-16-6-2-5(4-11)7(17(9,12)13)3-8(6)18(10,14)15/h2-3H,4H2,1H3,(H2,9,12,13)(H2,10,14,15). The van der Waals surface area contributed by atoms with Crippen molar-refractivity contribution in [1.82, 2.24) is 0 Å². The molecule has 1 rings (SSSR count). The van der Waals surface area contributed by atoms with Crippen molar-refractivity contribution in [2.24, 2.45) is 10.3 Å². The fourth-order valence-electron chi connectivity index (χ4n) is 1.34. The third-order valence-electron chi connectivity index (χ3n) is 2.12. The van der Waals surface area contributed by atoms with Gasteiger partial charge in [0.1, 0.15) is 17.3 Å². The number of benzene rings is 1. The minimum atomic E-state index is -4.23. The van der Waals surface area contributed by atoms with E-state index >= 15 is 0 Å². The summed E-state index contributed by atoms with van der Waals surface area (Å²) < 4.78 is 49.8. The molecule has 1 aromatic carbocycles. The van der Waals surface area contributed by atoms with Crippen LogP contribution in [0.2, 0.25) is 0 Å². The number of nitrogens with two attached hydrogens (primary N) is 2. The van der Waals surface area contributed by atoms with E-state index in [2.05, 4.69) is 0 Å². The van der Waals surface area contributed by atoms with Gasteiger partial charge in [-0.05, 0) is 12.1 Å².